The third kappa shape index (κ3) is 2.33. The molecule has 0 unspecified atom stereocenters. The topological polar surface area (TPSA) is 84.6 Å². The van der Waals surface area contributed by atoms with Crippen LogP contribution in [0.2, 0.25) is 0 Å². The number of nitrogens with zero attached hydrogens (tertiary/aromatic N) is 2. The number of carbonyl (C=O) groups is 1. The number of hydrazone groups is 1. The van der Waals surface area contributed by atoms with E-state index < -0.39 is 4.92 Å². The normalized spacial score (nSPS) is 29.7. The summed E-state index contributed by atoms with van der Waals surface area (Å²) in [5.74, 6) is 0.291. The van der Waals surface area contributed by atoms with E-state index in [1.54, 1.807) is 0 Å². The van der Waals surface area contributed by atoms with Gasteiger partial charge in [-0.25, -0.2) is 5.43 Å². The Kier molecular flexibility index (Phi) is 3.50. The fourth-order valence-corrected chi connectivity index (χ4v) is 4.01. The number of nitro benzene ring substituents is 1. The molecule has 0 radical (unpaired) electrons. The van der Waals surface area contributed by atoms with Gasteiger partial charge in [0.25, 0.3) is 11.6 Å². The zero-order valence-corrected chi connectivity index (χ0v) is 13.6. The fraction of sp³-hybridized carbons (Fsp3) is 0.529. The van der Waals surface area contributed by atoms with Gasteiger partial charge in [-0.05, 0) is 42.7 Å². The van der Waals surface area contributed by atoms with Crippen molar-refractivity contribution in [1.29, 1.82) is 0 Å². The monoisotopic (exact) mass is 315 g/mol. The number of carbonyl (C=O) groups excluding carboxylic acids is 1. The highest BCUT2D eigenvalue weighted by Crippen LogP contribution is 2.63. The average Bonchev–Trinajstić information content (AvgIpc) is 2.85. The summed E-state index contributed by atoms with van der Waals surface area (Å²) in [6, 6.07) is 5.54. The molecule has 2 atom stereocenters. The van der Waals surface area contributed by atoms with E-state index in [-0.39, 0.29) is 22.4 Å². The van der Waals surface area contributed by atoms with Crippen LogP contribution < -0.4 is 5.43 Å². The van der Waals surface area contributed by atoms with Crippen molar-refractivity contribution in [2.24, 2.45) is 21.8 Å². The van der Waals surface area contributed by atoms with E-state index in [1.165, 1.54) is 30.7 Å². The molecule has 3 rings (SSSR count). The molecular weight excluding hydrogens is 294 g/mol. The second kappa shape index (κ2) is 5.15. The Hall–Kier alpha value is -2.24. The maximum Gasteiger partial charge on any atom is 0.271 e. The first-order chi connectivity index (χ1) is 10.8. The maximum atomic E-state index is 12.2. The Balaban J connectivity index is 1.73. The summed E-state index contributed by atoms with van der Waals surface area (Å²) in [7, 11) is 0. The van der Waals surface area contributed by atoms with Gasteiger partial charge in [0.15, 0.2) is 0 Å². The molecule has 122 valence electrons. The number of nitrogens with one attached hydrogen (secondary N) is 1. The van der Waals surface area contributed by atoms with Gasteiger partial charge in [0.2, 0.25) is 0 Å². The van der Waals surface area contributed by atoms with Crippen molar-refractivity contribution in [3.8, 4) is 0 Å². The van der Waals surface area contributed by atoms with E-state index >= 15 is 0 Å². The van der Waals surface area contributed by atoms with E-state index in [0.29, 0.717) is 11.5 Å². The number of amides is 1. The third-order valence-electron chi connectivity index (χ3n) is 6.14. The molecule has 23 heavy (non-hydrogen) atoms. The first kappa shape index (κ1) is 15.6. The summed E-state index contributed by atoms with van der Waals surface area (Å²) < 4.78 is 0. The largest absolute Gasteiger partial charge is 0.271 e. The Morgan fingerprint density at radius 1 is 1.30 bits per heavy atom. The minimum atomic E-state index is -0.486. The van der Waals surface area contributed by atoms with Gasteiger partial charge in [0.05, 0.1) is 4.92 Å². The predicted octanol–water partition coefficient (Wildman–Crippen LogP) is 3.53. The molecule has 2 aliphatic rings. The van der Waals surface area contributed by atoms with E-state index in [9.17, 15) is 14.9 Å². The van der Waals surface area contributed by atoms with E-state index in [1.807, 2.05) is 0 Å². The van der Waals surface area contributed by atoms with Crippen molar-refractivity contribution >= 4 is 17.3 Å². The van der Waals surface area contributed by atoms with Crippen LogP contribution in [0.1, 0.15) is 50.4 Å². The van der Waals surface area contributed by atoms with Gasteiger partial charge in [0, 0.05) is 28.8 Å². The van der Waals surface area contributed by atoms with E-state index in [4.69, 9.17) is 0 Å². The van der Waals surface area contributed by atoms with Crippen LogP contribution in [0.5, 0.6) is 0 Å². The molecule has 1 amide bonds. The summed E-state index contributed by atoms with van der Waals surface area (Å²) >= 11 is 0. The number of hydrogen-bond donors (Lipinski definition) is 1. The van der Waals surface area contributed by atoms with Crippen molar-refractivity contribution in [2.45, 2.75) is 40.0 Å². The van der Waals surface area contributed by atoms with Gasteiger partial charge in [-0.3, -0.25) is 14.9 Å². The summed E-state index contributed by atoms with van der Waals surface area (Å²) in [6.45, 7) is 6.80. The van der Waals surface area contributed by atoms with Crippen molar-refractivity contribution in [2.75, 3.05) is 0 Å². The lowest BCUT2D eigenvalue weighted by Gasteiger charge is -2.34. The standard InChI is InChI=1S/C17H21N3O3/c1-16(2)12-8-9-17(16,3)14(10-12)18-19-15(21)11-4-6-13(7-5-11)20(22)23/h4-7,12H,8-10H2,1-3H3,(H,19,21)/b18-14+/t12-,17+/m0/s1. The molecule has 0 aromatic heterocycles. The quantitative estimate of drug-likeness (QED) is 0.684. The number of nitro groups is 1. The van der Waals surface area contributed by atoms with E-state index in [0.717, 1.165) is 18.6 Å². The molecule has 2 bridgehead atoms. The van der Waals surface area contributed by atoms with Crippen LogP contribution in [0.25, 0.3) is 0 Å². The summed E-state index contributed by atoms with van der Waals surface area (Å²) in [5, 5.41) is 15.0. The molecule has 0 heterocycles. The molecule has 6 heteroatoms. The molecule has 0 spiro atoms. The van der Waals surface area contributed by atoms with Crippen LogP contribution in [-0.2, 0) is 0 Å². The molecular formula is C17H21N3O3. The van der Waals surface area contributed by atoms with Crippen LogP contribution >= 0.6 is 0 Å². The summed E-state index contributed by atoms with van der Waals surface area (Å²) in [6.07, 6.45) is 3.26. The molecule has 0 aliphatic heterocycles. The smallest absolute Gasteiger partial charge is 0.267 e. The van der Waals surface area contributed by atoms with Crippen LogP contribution in [0.4, 0.5) is 5.69 Å². The highest BCUT2D eigenvalue weighted by molar-refractivity contribution is 5.98. The lowest BCUT2D eigenvalue weighted by atomic mass is 9.70. The zero-order chi connectivity index (χ0) is 16.8. The van der Waals surface area contributed by atoms with Gasteiger partial charge >= 0.3 is 0 Å². The fourth-order valence-electron chi connectivity index (χ4n) is 4.01. The minimum absolute atomic E-state index is 0.0322. The lowest BCUT2D eigenvalue weighted by molar-refractivity contribution is -0.384. The first-order valence-corrected chi connectivity index (χ1v) is 7.87. The van der Waals surface area contributed by atoms with Crippen molar-refractivity contribution in [1.82, 2.24) is 5.43 Å². The average molecular weight is 315 g/mol. The van der Waals surface area contributed by atoms with E-state index in [2.05, 4.69) is 31.3 Å². The number of non-ortho nitro benzene ring substituents is 1. The summed E-state index contributed by atoms with van der Waals surface area (Å²) in [5.41, 5.74) is 4.27. The van der Waals surface area contributed by atoms with Gasteiger partial charge < -0.3 is 0 Å². The van der Waals surface area contributed by atoms with Crippen molar-refractivity contribution < 1.29 is 9.72 Å². The molecule has 1 aromatic carbocycles. The van der Waals surface area contributed by atoms with Crippen LogP contribution in [-0.4, -0.2) is 16.5 Å². The van der Waals surface area contributed by atoms with Crippen LogP contribution in [0.3, 0.4) is 0 Å². The SMILES string of the molecule is CC1(C)[C@H]2CC[C@]1(C)/C(=N/NC(=O)c1ccc([N+](=O)[O-])cc1)C2. The minimum Gasteiger partial charge on any atom is -0.267 e. The molecule has 0 saturated heterocycles. The van der Waals surface area contributed by atoms with Gasteiger partial charge in [-0.15, -0.1) is 0 Å². The van der Waals surface area contributed by atoms with Crippen LogP contribution in [0, 0.1) is 26.9 Å². The summed E-state index contributed by atoms with van der Waals surface area (Å²) in [4.78, 5) is 22.3. The zero-order valence-electron chi connectivity index (χ0n) is 13.6. The number of rotatable bonds is 3. The molecule has 6 nitrogen and oxygen atoms in total. The number of benzene rings is 1. The van der Waals surface area contributed by atoms with Crippen molar-refractivity contribution in [3.63, 3.8) is 0 Å². The van der Waals surface area contributed by atoms with Crippen molar-refractivity contribution in [3.05, 3.63) is 39.9 Å². The Labute approximate surface area is 135 Å². The first-order valence-electron chi connectivity index (χ1n) is 7.87. The highest BCUT2D eigenvalue weighted by Gasteiger charge is 2.59. The predicted molar refractivity (Wildman–Crippen MR) is 87.2 cm³/mol. The van der Waals surface area contributed by atoms with Gasteiger partial charge in [-0.2, -0.15) is 5.10 Å². The molecule has 2 saturated carbocycles. The Bertz CT molecular complexity index is 694. The highest BCUT2D eigenvalue weighted by atomic mass is 16.6. The number of fused-ring (bicyclic) bond motifs is 2. The molecule has 2 fully saturated rings. The Morgan fingerprint density at radius 3 is 2.43 bits per heavy atom. The molecule has 2 aliphatic carbocycles. The third-order valence-corrected chi connectivity index (χ3v) is 6.14. The molecule has 1 N–H and O–H groups in total. The van der Waals surface area contributed by atoms with Gasteiger partial charge in [-0.1, -0.05) is 20.8 Å². The second-order valence-corrected chi connectivity index (χ2v) is 7.30. The second-order valence-electron chi connectivity index (χ2n) is 7.30. The lowest BCUT2D eigenvalue weighted by Crippen LogP contribution is -2.34. The maximum absolute atomic E-state index is 12.2. The Morgan fingerprint density at radius 2 is 1.96 bits per heavy atom. The number of hydrogen-bond acceptors (Lipinski definition) is 4. The van der Waals surface area contributed by atoms with Gasteiger partial charge in [0.1, 0.15) is 0 Å². The molecule has 1 aromatic rings. The van der Waals surface area contributed by atoms with Crippen LogP contribution in [0.15, 0.2) is 29.4 Å².